The molecule has 0 fully saturated rings. The third-order valence-corrected chi connectivity index (χ3v) is 2.60. The highest BCUT2D eigenvalue weighted by Crippen LogP contribution is 2.24. The molecule has 19 heavy (non-hydrogen) atoms. The number of aromatic nitrogens is 1. The van der Waals surface area contributed by atoms with Gasteiger partial charge in [-0.15, -0.1) is 0 Å². The molecule has 3 nitrogen and oxygen atoms in total. The molecule has 0 spiro atoms. The fraction of sp³-hybridized carbons (Fsp3) is 0.308. The van der Waals surface area contributed by atoms with E-state index < -0.39 is 25.5 Å². The van der Waals surface area contributed by atoms with Crippen molar-refractivity contribution in [3.05, 3.63) is 42.2 Å². The van der Waals surface area contributed by atoms with Gasteiger partial charge in [-0.1, -0.05) is 24.3 Å². The molecule has 1 unspecified atom stereocenters. The van der Waals surface area contributed by atoms with E-state index in [4.69, 9.17) is 0 Å². The highest BCUT2D eigenvalue weighted by molar-refractivity contribution is 5.84. The zero-order chi connectivity index (χ0) is 13.9. The van der Waals surface area contributed by atoms with Crippen molar-refractivity contribution in [1.82, 2.24) is 4.98 Å². The molecule has 2 rings (SSSR count). The average Bonchev–Trinajstić information content (AvgIpc) is 2.36. The van der Waals surface area contributed by atoms with Crippen molar-refractivity contribution in [2.24, 2.45) is 0 Å². The summed E-state index contributed by atoms with van der Waals surface area (Å²) < 4.78 is 40.3. The fourth-order valence-electron chi connectivity index (χ4n) is 1.78. The maximum absolute atomic E-state index is 11.9. The lowest BCUT2D eigenvalue weighted by Gasteiger charge is -2.14. The van der Waals surface area contributed by atoms with Gasteiger partial charge in [-0.25, -0.2) is 0 Å². The van der Waals surface area contributed by atoms with E-state index >= 15 is 0 Å². The molecule has 1 N–H and O–H groups in total. The third kappa shape index (κ3) is 3.65. The molecule has 102 valence electrons. The van der Waals surface area contributed by atoms with Crippen LogP contribution in [0, 0.1) is 0 Å². The van der Waals surface area contributed by atoms with Gasteiger partial charge >= 0.3 is 6.18 Å². The smallest absolute Gasteiger partial charge is 0.386 e. The molecule has 0 aliphatic heterocycles. The molecule has 0 bridgehead atoms. The Balaban J connectivity index is 2.11. The Morgan fingerprint density at radius 1 is 1.21 bits per heavy atom. The summed E-state index contributed by atoms with van der Waals surface area (Å²) in [4.78, 5) is 3.95. The van der Waals surface area contributed by atoms with Crippen molar-refractivity contribution < 1.29 is 23.0 Å². The number of hydrogen-bond donors (Lipinski definition) is 1. The quantitative estimate of drug-likeness (QED) is 0.929. The van der Waals surface area contributed by atoms with Crippen LogP contribution in [0.15, 0.2) is 36.7 Å². The molecule has 1 atom stereocenters. The lowest BCUT2D eigenvalue weighted by molar-refractivity contribution is -0.179. The second kappa shape index (κ2) is 5.54. The van der Waals surface area contributed by atoms with Crippen LogP contribution < -0.4 is 0 Å². The normalized spacial score (nSPS) is 13.7. The molecule has 6 heteroatoms. The Bertz CT molecular complexity index is 552. The number of fused-ring (bicyclic) bond motifs is 1. The van der Waals surface area contributed by atoms with Crippen LogP contribution in [-0.2, 0) is 4.74 Å². The second-order valence-corrected chi connectivity index (χ2v) is 4.10. The number of nitrogens with zero attached hydrogens (tertiary/aromatic N) is 1. The summed E-state index contributed by atoms with van der Waals surface area (Å²) in [7, 11) is 0. The van der Waals surface area contributed by atoms with Crippen LogP contribution in [0.25, 0.3) is 10.8 Å². The second-order valence-electron chi connectivity index (χ2n) is 4.10. The Labute approximate surface area is 107 Å². The monoisotopic (exact) mass is 271 g/mol. The average molecular weight is 271 g/mol. The van der Waals surface area contributed by atoms with Crippen LogP contribution in [0.3, 0.4) is 0 Å². The summed E-state index contributed by atoms with van der Waals surface area (Å²) in [5.74, 6) is 0. The van der Waals surface area contributed by atoms with Crippen LogP contribution >= 0.6 is 0 Å². The zero-order valence-electron chi connectivity index (χ0n) is 9.89. The molecule has 0 aliphatic carbocycles. The van der Waals surface area contributed by atoms with E-state index in [9.17, 15) is 18.3 Å². The third-order valence-electron chi connectivity index (χ3n) is 2.60. The van der Waals surface area contributed by atoms with Gasteiger partial charge in [0, 0.05) is 23.3 Å². The van der Waals surface area contributed by atoms with Gasteiger partial charge in [0.2, 0.25) is 0 Å². The number of ether oxygens (including phenoxy) is 1. The molecule has 0 aliphatic rings. The molecule has 1 heterocycles. The van der Waals surface area contributed by atoms with E-state index in [2.05, 4.69) is 9.72 Å². The number of rotatable bonds is 4. The largest absolute Gasteiger partial charge is 0.411 e. The van der Waals surface area contributed by atoms with E-state index in [0.29, 0.717) is 5.56 Å². The highest BCUT2D eigenvalue weighted by Gasteiger charge is 2.28. The molecule has 0 saturated carbocycles. The number of benzene rings is 1. The Morgan fingerprint density at radius 2 is 1.95 bits per heavy atom. The molecule has 1 aromatic heterocycles. The predicted octanol–water partition coefficient (Wildman–Crippen LogP) is 2.85. The van der Waals surface area contributed by atoms with Crippen molar-refractivity contribution in [3.63, 3.8) is 0 Å². The SMILES string of the molecule is OC(COCC(F)(F)F)c1cncc2ccccc12. The summed E-state index contributed by atoms with van der Waals surface area (Å²) in [5, 5.41) is 11.4. The number of pyridine rings is 1. The van der Waals surface area contributed by atoms with Gasteiger partial charge in [-0.2, -0.15) is 13.2 Å². The number of aliphatic hydroxyl groups excluding tert-OH is 1. The molecule has 2 aromatic rings. The summed E-state index contributed by atoms with van der Waals surface area (Å²) in [6.07, 6.45) is -2.47. The highest BCUT2D eigenvalue weighted by atomic mass is 19.4. The first-order chi connectivity index (χ1) is 8.97. The van der Waals surface area contributed by atoms with E-state index in [1.165, 1.54) is 6.20 Å². The maximum atomic E-state index is 11.9. The van der Waals surface area contributed by atoms with E-state index in [1.54, 1.807) is 18.3 Å². The van der Waals surface area contributed by atoms with Crippen molar-refractivity contribution in [2.75, 3.05) is 13.2 Å². The molecule has 0 saturated heterocycles. The van der Waals surface area contributed by atoms with Crippen LogP contribution in [0.4, 0.5) is 13.2 Å². The Hall–Kier alpha value is -1.66. The lowest BCUT2D eigenvalue weighted by Crippen LogP contribution is -2.19. The van der Waals surface area contributed by atoms with Crippen LogP contribution in [0.1, 0.15) is 11.7 Å². The molecular formula is C13H12F3NO2. The van der Waals surface area contributed by atoms with Gasteiger partial charge in [-0.05, 0) is 5.39 Å². The summed E-state index contributed by atoms with van der Waals surface area (Å²) in [5.41, 5.74) is 0.459. The molecule has 0 amide bonds. The van der Waals surface area contributed by atoms with Crippen molar-refractivity contribution in [2.45, 2.75) is 12.3 Å². The first-order valence-electron chi connectivity index (χ1n) is 5.62. The van der Waals surface area contributed by atoms with Crippen molar-refractivity contribution in [3.8, 4) is 0 Å². The summed E-state index contributed by atoms with van der Waals surface area (Å²) >= 11 is 0. The number of alkyl halides is 3. The standard InChI is InChI=1S/C13H12F3NO2/c14-13(15,16)8-19-7-12(18)11-6-17-5-9-3-1-2-4-10(9)11/h1-6,12,18H,7-8H2. The first kappa shape index (κ1) is 13.8. The minimum absolute atomic E-state index is 0.421. The minimum Gasteiger partial charge on any atom is -0.386 e. The zero-order valence-corrected chi connectivity index (χ0v) is 9.89. The van der Waals surface area contributed by atoms with E-state index in [0.717, 1.165) is 10.8 Å². The topological polar surface area (TPSA) is 42.4 Å². The van der Waals surface area contributed by atoms with E-state index in [-0.39, 0.29) is 0 Å². The number of hydrogen-bond acceptors (Lipinski definition) is 3. The van der Waals surface area contributed by atoms with Gasteiger partial charge in [0.15, 0.2) is 0 Å². The Kier molecular flexibility index (Phi) is 4.01. The van der Waals surface area contributed by atoms with Crippen LogP contribution in [-0.4, -0.2) is 29.5 Å². The fourth-order valence-corrected chi connectivity index (χ4v) is 1.78. The first-order valence-corrected chi connectivity index (χ1v) is 5.62. The van der Waals surface area contributed by atoms with Gasteiger partial charge in [0.05, 0.1) is 6.61 Å². The predicted molar refractivity (Wildman–Crippen MR) is 63.6 cm³/mol. The number of aliphatic hydroxyl groups is 1. The molecule has 0 radical (unpaired) electrons. The van der Waals surface area contributed by atoms with Gasteiger partial charge in [0.25, 0.3) is 0 Å². The molecule has 1 aromatic carbocycles. The van der Waals surface area contributed by atoms with Gasteiger partial charge in [-0.3, -0.25) is 4.98 Å². The number of halogens is 3. The molecular weight excluding hydrogens is 259 g/mol. The van der Waals surface area contributed by atoms with Gasteiger partial charge in [0.1, 0.15) is 12.7 Å². The van der Waals surface area contributed by atoms with Crippen LogP contribution in [0.2, 0.25) is 0 Å². The van der Waals surface area contributed by atoms with Crippen molar-refractivity contribution >= 4 is 10.8 Å². The Morgan fingerprint density at radius 3 is 2.68 bits per heavy atom. The van der Waals surface area contributed by atoms with E-state index in [1.807, 2.05) is 12.1 Å². The maximum Gasteiger partial charge on any atom is 0.411 e. The van der Waals surface area contributed by atoms with Crippen LogP contribution in [0.5, 0.6) is 0 Å². The lowest BCUT2D eigenvalue weighted by atomic mass is 10.0. The summed E-state index contributed by atoms with van der Waals surface area (Å²) in [6.45, 7) is -1.79. The summed E-state index contributed by atoms with van der Waals surface area (Å²) in [6, 6.07) is 7.20. The minimum atomic E-state index is -4.39. The van der Waals surface area contributed by atoms with Crippen molar-refractivity contribution in [1.29, 1.82) is 0 Å². The van der Waals surface area contributed by atoms with Gasteiger partial charge < -0.3 is 9.84 Å².